The summed E-state index contributed by atoms with van der Waals surface area (Å²) < 4.78 is 44.1. The van der Waals surface area contributed by atoms with Gasteiger partial charge in [-0.3, -0.25) is 4.90 Å². The van der Waals surface area contributed by atoms with Crippen LogP contribution in [0.5, 0.6) is 5.75 Å². The third-order valence-corrected chi connectivity index (χ3v) is 4.49. The molecular weight excluding hydrogens is 347 g/mol. The van der Waals surface area contributed by atoms with Crippen LogP contribution >= 0.6 is 0 Å². The lowest BCUT2D eigenvalue weighted by molar-refractivity contribution is -0.141. The summed E-state index contributed by atoms with van der Waals surface area (Å²) in [6.45, 7) is 2.50. The minimum Gasteiger partial charge on any atom is -0.496 e. The van der Waals surface area contributed by atoms with Gasteiger partial charge in [0.25, 0.3) is 0 Å². The molecule has 3 rings (SSSR count). The van der Waals surface area contributed by atoms with Crippen molar-refractivity contribution in [2.45, 2.75) is 19.1 Å². The number of alkyl halides is 3. The van der Waals surface area contributed by atoms with Crippen LogP contribution in [-0.4, -0.2) is 46.8 Å². The molecule has 0 radical (unpaired) electrons. The minimum absolute atomic E-state index is 0.0202. The van der Waals surface area contributed by atoms with E-state index >= 15 is 0 Å². The molecule has 0 spiro atoms. The minimum atomic E-state index is -4.53. The molecule has 1 fully saturated rings. The fourth-order valence-corrected chi connectivity index (χ4v) is 3.14. The Morgan fingerprint density at radius 1 is 1.31 bits per heavy atom. The monoisotopic (exact) mass is 367 g/mol. The smallest absolute Gasteiger partial charge is 0.433 e. The molecular formula is C18H20F3N3O2. The van der Waals surface area contributed by atoms with E-state index < -0.39 is 11.9 Å². The van der Waals surface area contributed by atoms with E-state index in [1.165, 1.54) is 7.11 Å². The van der Waals surface area contributed by atoms with Gasteiger partial charge in [-0.25, -0.2) is 9.97 Å². The SMILES string of the molecule is COc1ccc(CN2CCC(CO)C2)cc1-c1nccc(C(F)(F)F)n1. The molecule has 140 valence electrons. The molecule has 2 heterocycles. The van der Waals surface area contributed by atoms with Crippen LogP contribution in [0.15, 0.2) is 30.5 Å². The third-order valence-electron chi connectivity index (χ3n) is 4.49. The van der Waals surface area contributed by atoms with Gasteiger partial charge in [-0.15, -0.1) is 0 Å². The molecule has 1 aliphatic rings. The van der Waals surface area contributed by atoms with Crippen LogP contribution in [0.3, 0.4) is 0 Å². The number of aliphatic hydroxyl groups is 1. The van der Waals surface area contributed by atoms with E-state index in [4.69, 9.17) is 4.74 Å². The molecule has 1 unspecified atom stereocenters. The molecule has 0 amide bonds. The van der Waals surface area contributed by atoms with Crippen LogP contribution in [0, 0.1) is 5.92 Å². The number of nitrogens with zero attached hydrogens (tertiary/aromatic N) is 3. The van der Waals surface area contributed by atoms with E-state index in [9.17, 15) is 18.3 Å². The van der Waals surface area contributed by atoms with E-state index in [0.29, 0.717) is 17.9 Å². The standard InChI is InChI=1S/C18H20F3N3O2/c1-26-15-3-2-12(9-24-7-5-13(10-24)11-25)8-14(15)17-22-6-4-16(23-17)18(19,20)21/h2-4,6,8,13,25H,5,7,9-11H2,1H3. The molecule has 1 aromatic carbocycles. The molecule has 5 nitrogen and oxygen atoms in total. The summed E-state index contributed by atoms with van der Waals surface area (Å²) in [7, 11) is 1.46. The van der Waals surface area contributed by atoms with Crippen LogP contribution in [0.25, 0.3) is 11.4 Å². The zero-order valence-corrected chi connectivity index (χ0v) is 14.3. The number of ether oxygens (including phenoxy) is 1. The highest BCUT2D eigenvalue weighted by molar-refractivity contribution is 5.65. The van der Waals surface area contributed by atoms with Crippen molar-refractivity contribution in [2.24, 2.45) is 5.92 Å². The molecule has 8 heteroatoms. The van der Waals surface area contributed by atoms with Crippen molar-refractivity contribution < 1.29 is 23.0 Å². The van der Waals surface area contributed by atoms with Crippen molar-refractivity contribution >= 4 is 0 Å². The molecule has 1 atom stereocenters. The highest BCUT2D eigenvalue weighted by Crippen LogP contribution is 2.32. The second-order valence-corrected chi connectivity index (χ2v) is 6.37. The third kappa shape index (κ3) is 4.13. The van der Waals surface area contributed by atoms with Crippen molar-refractivity contribution in [1.29, 1.82) is 0 Å². The van der Waals surface area contributed by atoms with Crippen molar-refractivity contribution in [3.63, 3.8) is 0 Å². The number of benzene rings is 1. The molecule has 0 aliphatic carbocycles. The molecule has 0 bridgehead atoms. The number of hydrogen-bond acceptors (Lipinski definition) is 5. The van der Waals surface area contributed by atoms with Gasteiger partial charge in [0.1, 0.15) is 11.4 Å². The van der Waals surface area contributed by atoms with Gasteiger partial charge < -0.3 is 9.84 Å². The van der Waals surface area contributed by atoms with Gasteiger partial charge in [0.15, 0.2) is 5.82 Å². The predicted octanol–water partition coefficient (Wildman–Crippen LogP) is 2.99. The van der Waals surface area contributed by atoms with Gasteiger partial charge in [0.2, 0.25) is 0 Å². The Labute approximate surface area is 149 Å². The lowest BCUT2D eigenvalue weighted by Gasteiger charge is -2.17. The molecule has 1 aromatic heterocycles. The molecule has 1 N–H and O–H groups in total. The summed E-state index contributed by atoms with van der Waals surface area (Å²) in [6, 6.07) is 6.20. The average Bonchev–Trinajstić information content (AvgIpc) is 3.08. The maximum absolute atomic E-state index is 12.9. The van der Waals surface area contributed by atoms with Crippen molar-refractivity contribution in [2.75, 3.05) is 26.8 Å². The summed E-state index contributed by atoms with van der Waals surface area (Å²) in [6.07, 6.45) is -2.49. The Kier molecular flexibility index (Phi) is 5.43. The number of hydrogen-bond donors (Lipinski definition) is 1. The second-order valence-electron chi connectivity index (χ2n) is 6.37. The van der Waals surface area contributed by atoms with E-state index in [1.807, 2.05) is 6.07 Å². The lowest BCUT2D eigenvalue weighted by Crippen LogP contribution is -2.21. The first-order valence-corrected chi connectivity index (χ1v) is 8.31. The maximum Gasteiger partial charge on any atom is 0.433 e. The molecule has 1 aliphatic heterocycles. The largest absolute Gasteiger partial charge is 0.496 e. The summed E-state index contributed by atoms with van der Waals surface area (Å²) in [5.74, 6) is 0.676. The van der Waals surface area contributed by atoms with Crippen LogP contribution in [0.1, 0.15) is 17.7 Å². The zero-order valence-electron chi connectivity index (χ0n) is 14.3. The van der Waals surface area contributed by atoms with E-state index in [2.05, 4.69) is 14.9 Å². The number of halogens is 3. The van der Waals surface area contributed by atoms with Gasteiger partial charge in [-0.2, -0.15) is 13.2 Å². The number of methoxy groups -OCH3 is 1. The van der Waals surface area contributed by atoms with E-state index in [1.54, 1.807) is 12.1 Å². The fraction of sp³-hybridized carbons (Fsp3) is 0.444. The highest BCUT2D eigenvalue weighted by Gasteiger charge is 2.33. The Hall–Kier alpha value is -2.19. The van der Waals surface area contributed by atoms with Gasteiger partial charge in [0, 0.05) is 25.9 Å². The van der Waals surface area contributed by atoms with Crippen LogP contribution in [0.4, 0.5) is 13.2 Å². The fourth-order valence-electron chi connectivity index (χ4n) is 3.14. The maximum atomic E-state index is 12.9. The van der Waals surface area contributed by atoms with Crippen molar-refractivity contribution in [1.82, 2.24) is 14.9 Å². The van der Waals surface area contributed by atoms with Gasteiger partial charge in [-0.1, -0.05) is 6.07 Å². The molecule has 0 saturated carbocycles. The highest BCUT2D eigenvalue weighted by atomic mass is 19.4. The summed E-state index contributed by atoms with van der Waals surface area (Å²) in [4.78, 5) is 9.86. The topological polar surface area (TPSA) is 58.5 Å². The predicted molar refractivity (Wildman–Crippen MR) is 89.5 cm³/mol. The Morgan fingerprint density at radius 3 is 2.77 bits per heavy atom. The molecule has 26 heavy (non-hydrogen) atoms. The first kappa shape index (κ1) is 18.6. The quantitative estimate of drug-likeness (QED) is 0.881. The van der Waals surface area contributed by atoms with Gasteiger partial charge >= 0.3 is 6.18 Å². The number of rotatable bonds is 5. The molecule has 2 aromatic rings. The van der Waals surface area contributed by atoms with Gasteiger partial charge in [0.05, 0.1) is 12.7 Å². The van der Waals surface area contributed by atoms with Gasteiger partial charge in [-0.05, 0) is 42.6 Å². The number of aliphatic hydroxyl groups excluding tert-OH is 1. The summed E-state index contributed by atoms with van der Waals surface area (Å²) in [5, 5.41) is 9.25. The van der Waals surface area contributed by atoms with Crippen LogP contribution in [0.2, 0.25) is 0 Å². The first-order chi connectivity index (χ1) is 12.4. The van der Waals surface area contributed by atoms with E-state index in [-0.39, 0.29) is 18.3 Å². The second kappa shape index (κ2) is 7.59. The van der Waals surface area contributed by atoms with Crippen LogP contribution in [-0.2, 0) is 12.7 Å². The Bertz CT molecular complexity index is 768. The van der Waals surface area contributed by atoms with Crippen molar-refractivity contribution in [3.05, 3.63) is 41.7 Å². The Morgan fingerprint density at radius 2 is 2.12 bits per heavy atom. The van der Waals surface area contributed by atoms with E-state index in [0.717, 1.165) is 37.3 Å². The normalized spacial score (nSPS) is 18.3. The summed E-state index contributed by atoms with van der Waals surface area (Å²) in [5.41, 5.74) is 0.370. The van der Waals surface area contributed by atoms with Crippen molar-refractivity contribution in [3.8, 4) is 17.1 Å². The Balaban J connectivity index is 1.89. The van der Waals surface area contributed by atoms with Crippen LogP contribution < -0.4 is 4.74 Å². The number of aromatic nitrogens is 2. The lowest BCUT2D eigenvalue weighted by atomic mass is 10.1. The average molecular weight is 367 g/mol. The first-order valence-electron chi connectivity index (χ1n) is 8.31. The summed E-state index contributed by atoms with van der Waals surface area (Å²) >= 11 is 0. The zero-order chi connectivity index (χ0) is 18.7. The molecule has 1 saturated heterocycles. The number of likely N-dealkylation sites (tertiary alicyclic amines) is 1.